The smallest absolute Gasteiger partial charge is 0.157 e. The molecule has 0 spiro atoms. The van der Waals surface area contributed by atoms with Crippen LogP contribution >= 0.6 is 0 Å². The second-order valence-electron chi connectivity index (χ2n) is 4.02. The fourth-order valence-electron chi connectivity index (χ4n) is 1.94. The van der Waals surface area contributed by atoms with E-state index in [1.54, 1.807) is 15.6 Å². The van der Waals surface area contributed by atoms with E-state index in [1.807, 2.05) is 26.4 Å². The highest BCUT2D eigenvalue weighted by Gasteiger charge is 2.07. The standard InChI is InChI=1S/C11H12N6/c1-8-10-5-9(7-17-4-3-13-15-17)6-12-11(10)16(2)14-8/h3-6H,7H2,1-2H3. The summed E-state index contributed by atoms with van der Waals surface area (Å²) in [6.45, 7) is 2.67. The van der Waals surface area contributed by atoms with Gasteiger partial charge in [0.15, 0.2) is 5.65 Å². The molecule has 6 heteroatoms. The lowest BCUT2D eigenvalue weighted by Gasteiger charge is -2.01. The van der Waals surface area contributed by atoms with Crippen molar-refractivity contribution in [2.24, 2.45) is 7.05 Å². The molecule has 0 atom stereocenters. The van der Waals surface area contributed by atoms with Gasteiger partial charge in [-0.2, -0.15) is 5.10 Å². The number of hydrogen-bond donors (Lipinski definition) is 0. The Balaban J connectivity index is 2.04. The van der Waals surface area contributed by atoms with Crippen molar-refractivity contribution in [2.45, 2.75) is 13.5 Å². The second kappa shape index (κ2) is 3.65. The lowest BCUT2D eigenvalue weighted by Crippen LogP contribution is -2.01. The number of pyridine rings is 1. The van der Waals surface area contributed by atoms with Crippen LogP contribution in [-0.4, -0.2) is 29.8 Å². The van der Waals surface area contributed by atoms with Crippen LogP contribution in [-0.2, 0) is 13.6 Å². The lowest BCUT2D eigenvalue weighted by molar-refractivity contribution is 0.648. The van der Waals surface area contributed by atoms with E-state index >= 15 is 0 Å². The summed E-state index contributed by atoms with van der Waals surface area (Å²) in [6.07, 6.45) is 5.35. The normalized spacial score (nSPS) is 11.2. The minimum Gasteiger partial charge on any atom is -0.250 e. The highest BCUT2D eigenvalue weighted by molar-refractivity contribution is 5.78. The van der Waals surface area contributed by atoms with E-state index in [-0.39, 0.29) is 0 Å². The summed E-state index contributed by atoms with van der Waals surface area (Å²) in [5.41, 5.74) is 3.00. The molecule has 0 unspecified atom stereocenters. The van der Waals surface area contributed by atoms with Gasteiger partial charge in [0, 0.05) is 24.8 Å². The van der Waals surface area contributed by atoms with Crippen LogP contribution in [0.5, 0.6) is 0 Å². The van der Waals surface area contributed by atoms with Crippen molar-refractivity contribution in [1.82, 2.24) is 29.8 Å². The molecule has 17 heavy (non-hydrogen) atoms. The zero-order valence-electron chi connectivity index (χ0n) is 9.70. The van der Waals surface area contributed by atoms with Crippen molar-refractivity contribution in [3.8, 4) is 0 Å². The van der Waals surface area contributed by atoms with Crippen LogP contribution in [0, 0.1) is 6.92 Å². The quantitative estimate of drug-likeness (QED) is 0.654. The van der Waals surface area contributed by atoms with E-state index in [9.17, 15) is 0 Å². The molecule has 6 nitrogen and oxygen atoms in total. The second-order valence-corrected chi connectivity index (χ2v) is 4.02. The van der Waals surface area contributed by atoms with Gasteiger partial charge >= 0.3 is 0 Å². The third-order valence-corrected chi connectivity index (χ3v) is 2.74. The topological polar surface area (TPSA) is 61.4 Å². The van der Waals surface area contributed by atoms with Gasteiger partial charge < -0.3 is 0 Å². The van der Waals surface area contributed by atoms with Crippen LogP contribution in [0.2, 0.25) is 0 Å². The maximum absolute atomic E-state index is 4.42. The summed E-state index contributed by atoms with van der Waals surface area (Å²) < 4.78 is 3.57. The number of hydrogen-bond acceptors (Lipinski definition) is 4. The minimum atomic E-state index is 0.678. The molecule has 0 bridgehead atoms. The van der Waals surface area contributed by atoms with E-state index < -0.39 is 0 Å². The monoisotopic (exact) mass is 228 g/mol. The van der Waals surface area contributed by atoms with Crippen molar-refractivity contribution in [1.29, 1.82) is 0 Å². The molecule has 0 aromatic carbocycles. The zero-order valence-corrected chi connectivity index (χ0v) is 9.70. The molecule has 86 valence electrons. The van der Waals surface area contributed by atoms with E-state index in [0.29, 0.717) is 6.54 Å². The van der Waals surface area contributed by atoms with E-state index in [1.165, 1.54) is 0 Å². The molecule has 0 aliphatic carbocycles. The molecule has 3 rings (SSSR count). The number of aryl methyl sites for hydroxylation is 2. The highest BCUT2D eigenvalue weighted by atomic mass is 15.4. The molecule has 3 aromatic rings. The van der Waals surface area contributed by atoms with Gasteiger partial charge in [0.05, 0.1) is 18.4 Å². The fraction of sp³-hybridized carbons (Fsp3) is 0.273. The van der Waals surface area contributed by atoms with Crippen LogP contribution < -0.4 is 0 Å². The maximum atomic E-state index is 4.42. The number of aromatic nitrogens is 6. The summed E-state index contributed by atoms with van der Waals surface area (Å²) in [7, 11) is 1.90. The van der Waals surface area contributed by atoms with E-state index in [4.69, 9.17) is 0 Å². The predicted octanol–water partition coefficient (Wildman–Crippen LogP) is 0.917. The first-order chi connectivity index (χ1) is 8.24. The van der Waals surface area contributed by atoms with Gasteiger partial charge in [-0.15, -0.1) is 5.10 Å². The zero-order chi connectivity index (χ0) is 11.8. The third-order valence-electron chi connectivity index (χ3n) is 2.74. The summed E-state index contributed by atoms with van der Waals surface area (Å²) in [6, 6.07) is 2.10. The van der Waals surface area contributed by atoms with Crippen LogP contribution in [0.3, 0.4) is 0 Å². The molecular formula is C11H12N6. The van der Waals surface area contributed by atoms with Crippen LogP contribution in [0.15, 0.2) is 24.7 Å². The van der Waals surface area contributed by atoms with Gasteiger partial charge in [-0.25, -0.2) is 9.67 Å². The summed E-state index contributed by atoms with van der Waals surface area (Å²) >= 11 is 0. The molecule has 0 radical (unpaired) electrons. The molecule has 0 saturated heterocycles. The van der Waals surface area contributed by atoms with Crippen molar-refractivity contribution >= 4 is 11.0 Å². The van der Waals surface area contributed by atoms with Crippen molar-refractivity contribution in [3.05, 3.63) is 35.9 Å². The van der Waals surface area contributed by atoms with Gasteiger partial charge in [-0.1, -0.05) is 5.21 Å². The number of rotatable bonds is 2. The number of nitrogens with zero attached hydrogens (tertiary/aromatic N) is 6. The summed E-state index contributed by atoms with van der Waals surface area (Å²) in [5, 5.41) is 13.2. The Morgan fingerprint density at radius 2 is 2.24 bits per heavy atom. The van der Waals surface area contributed by atoms with Crippen LogP contribution in [0.4, 0.5) is 0 Å². The maximum Gasteiger partial charge on any atom is 0.157 e. The average molecular weight is 228 g/mol. The third kappa shape index (κ3) is 1.67. The summed E-state index contributed by atoms with van der Waals surface area (Å²) in [4.78, 5) is 4.42. The average Bonchev–Trinajstić information content (AvgIpc) is 2.89. The molecule has 0 N–H and O–H groups in total. The van der Waals surface area contributed by atoms with Gasteiger partial charge in [0.2, 0.25) is 0 Å². The fourth-order valence-corrected chi connectivity index (χ4v) is 1.94. The van der Waals surface area contributed by atoms with Crippen LogP contribution in [0.25, 0.3) is 11.0 Å². The first-order valence-electron chi connectivity index (χ1n) is 5.36. The summed E-state index contributed by atoms with van der Waals surface area (Å²) in [5.74, 6) is 0. The molecule has 0 saturated carbocycles. The number of fused-ring (bicyclic) bond motifs is 1. The van der Waals surface area contributed by atoms with Crippen molar-refractivity contribution in [2.75, 3.05) is 0 Å². The Morgan fingerprint density at radius 1 is 1.35 bits per heavy atom. The highest BCUT2D eigenvalue weighted by Crippen LogP contribution is 2.16. The van der Waals surface area contributed by atoms with Crippen LogP contribution in [0.1, 0.15) is 11.3 Å². The van der Waals surface area contributed by atoms with E-state index in [2.05, 4.69) is 26.5 Å². The Bertz CT molecular complexity index is 652. The first-order valence-corrected chi connectivity index (χ1v) is 5.36. The minimum absolute atomic E-state index is 0.678. The molecule has 0 aliphatic heterocycles. The largest absolute Gasteiger partial charge is 0.250 e. The molecule has 3 heterocycles. The van der Waals surface area contributed by atoms with Gasteiger partial charge in [0.25, 0.3) is 0 Å². The van der Waals surface area contributed by atoms with Gasteiger partial charge in [-0.05, 0) is 18.6 Å². The molecule has 3 aromatic heterocycles. The van der Waals surface area contributed by atoms with Crippen molar-refractivity contribution in [3.63, 3.8) is 0 Å². The van der Waals surface area contributed by atoms with Gasteiger partial charge in [0.1, 0.15) is 0 Å². The predicted molar refractivity (Wildman–Crippen MR) is 62.4 cm³/mol. The molecule has 0 amide bonds. The Labute approximate surface area is 97.9 Å². The Morgan fingerprint density at radius 3 is 3.00 bits per heavy atom. The molecular weight excluding hydrogens is 216 g/mol. The van der Waals surface area contributed by atoms with E-state index in [0.717, 1.165) is 22.3 Å². The van der Waals surface area contributed by atoms with Gasteiger partial charge in [-0.3, -0.25) is 4.68 Å². The first kappa shape index (κ1) is 9.95. The molecule has 0 fully saturated rings. The molecule has 0 aliphatic rings. The van der Waals surface area contributed by atoms with Crippen molar-refractivity contribution < 1.29 is 0 Å². The Hall–Kier alpha value is -2.24. The SMILES string of the molecule is Cc1nn(C)c2ncc(Cn3ccnn3)cc12. The lowest BCUT2D eigenvalue weighted by atomic mass is 10.2. The Kier molecular flexibility index (Phi) is 2.14.